The maximum absolute atomic E-state index is 12.6. The van der Waals surface area contributed by atoms with Gasteiger partial charge in [-0.1, -0.05) is 85.2 Å². The summed E-state index contributed by atoms with van der Waals surface area (Å²) >= 11 is 34.0. The Bertz CT molecular complexity index is 4580. The average Bonchev–Trinajstić information content (AvgIpc) is 0.863. The molecule has 8 rings (SSSR count). The highest BCUT2D eigenvalue weighted by atomic mass is 127. The summed E-state index contributed by atoms with van der Waals surface area (Å²) in [6.45, 7) is 15.0. The number of thiocarbonyl (C=S) groups is 3. The molecule has 7 N–H and O–H groups in total. The summed E-state index contributed by atoms with van der Waals surface area (Å²) in [5, 5.41) is 47.7. The van der Waals surface area contributed by atoms with E-state index in [4.69, 9.17) is 65.1 Å². The highest BCUT2D eigenvalue weighted by Gasteiger charge is 2.26. The van der Waals surface area contributed by atoms with Gasteiger partial charge in [0.25, 0.3) is 0 Å². The fourth-order valence-corrected chi connectivity index (χ4v) is 19.1. The number of rotatable bonds is 33. The molecule has 0 aliphatic rings. The molecule has 0 fully saturated rings. The van der Waals surface area contributed by atoms with E-state index in [-0.39, 0.29) is 79.3 Å². The van der Waals surface area contributed by atoms with Crippen LogP contribution in [0.15, 0.2) is 151 Å². The largest absolute Gasteiger partial charge is 0.508 e. The Kier molecular flexibility index (Phi) is 47.5. The first kappa shape index (κ1) is 103. The predicted octanol–water partition coefficient (Wildman–Crippen LogP) is 18.7. The van der Waals surface area contributed by atoms with Crippen molar-refractivity contribution in [2.75, 3.05) is 26.4 Å². The van der Waals surface area contributed by atoms with E-state index in [1.807, 2.05) is 36.4 Å². The lowest BCUT2D eigenvalue weighted by molar-refractivity contribution is -0.147. The van der Waals surface area contributed by atoms with Gasteiger partial charge in [0, 0.05) is 79.5 Å². The molecule has 0 aliphatic heterocycles. The number of halogens is 8. The van der Waals surface area contributed by atoms with Crippen LogP contribution in [0.1, 0.15) is 123 Å². The number of ether oxygens (including phenoxy) is 6. The number of phenols is 4. The molecule has 118 heavy (non-hydrogen) atoms. The van der Waals surface area contributed by atoms with E-state index in [0.29, 0.717) is 96.8 Å². The fourth-order valence-electron chi connectivity index (χ4n) is 10.8. The molecule has 630 valence electrons. The topological polar surface area (TPSA) is 304 Å². The van der Waals surface area contributed by atoms with Crippen molar-refractivity contribution in [2.24, 2.45) is 4.99 Å². The van der Waals surface area contributed by atoms with Gasteiger partial charge in [0.05, 0.1) is 50.7 Å². The monoisotopic (exact) mass is 2560 g/mol. The van der Waals surface area contributed by atoms with Crippen LogP contribution in [0.4, 0.5) is 0 Å². The summed E-state index contributed by atoms with van der Waals surface area (Å²) in [4.78, 5) is 90.1. The molecule has 0 heterocycles. The molecule has 8 aromatic rings. The molecule has 0 radical (unpaired) electrons. The first-order valence-corrected chi connectivity index (χ1v) is 46.8. The number of esters is 6. The summed E-state index contributed by atoms with van der Waals surface area (Å²) in [6, 6.07) is 41.4. The molecule has 0 aliphatic carbocycles. The standard InChI is InChI=1S/C23H25I2NO5.C23H25I2NO4S.C20H21I2NO4S.C20H19I2NO4S/c1-4-30-23(29)21(13-16-5-8-18(9-6-16)31-15(3)27)26-22(28)10-7-17-11-19(24)14(2)20(25)12-17;1-4-29-23(28)21(13-16-5-8-18(9-6-16)30-15(3)27)26-22(31)10-7-17-11-19(24)14(2)20(25)12-17;2*1-2-27-20(26)17(11-12-3-6-14(24)7-4-12)23-18(28)8-5-13-9-15(21)19(25)16(22)10-13/h5-6,8-9,11-12,21H,4,7,10,13H2,1-3H3,(H,26,28);5-6,8-9,11-12,21H,4,7,10,13H2,1-3H3,(H,26,31);3-4,6-7,9-10,17,24-25H,2,5,8,11H2,1H3,(H,23,28);3-4,6-7,9-10,24-25H,2,5,8,11H2,1H3. The first-order chi connectivity index (χ1) is 56.0. The van der Waals surface area contributed by atoms with Crippen LogP contribution in [-0.4, -0.2) is 127 Å². The lowest BCUT2D eigenvalue weighted by Gasteiger charge is -2.19. The van der Waals surface area contributed by atoms with Crippen molar-refractivity contribution in [3.05, 3.63) is 230 Å². The quantitative estimate of drug-likeness (QED) is 0.00502. The first-order valence-electron chi connectivity index (χ1n) is 37.0. The van der Waals surface area contributed by atoms with Crippen LogP contribution < -0.4 is 25.4 Å². The number of nitrogens with zero attached hydrogens (tertiary/aromatic N) is 1. The van der Waals surface area contributed by atoms with E-state index in [2.05, 4.69) is 240 Å². The highest BCUT2D eigenvalue weighted by Crippen LogP contribution is 2.31. The van der Waals surface area contributed by atoms with Crippen molar-refractivity contribution in [1.82, 2.24) is 16.0 Å². The summed E-state index contributed by atoms with van der Waals surface area (Å²) in [5.74, 6) is -0.836. The summed E-state index contributed by atoms with van der Waals surface area (Å²) in [6.07, 6.45) is 6.13. The van der Waals surface area contributed by atoms with E-state index < -0.39 is 36.0 Å². The molecule has 32 heteroatoms. The van der Waals surface area contributed by atoms with Gasteiger partial charge in [-0.3, -0.25) is 14.4 Å². The van der Waals surface area contributed by atoms with Crippen LogP contribution in [0.5, 0.6) is 34.5 Å². The Hall–Kier alpha value is -5.37. The molecular formula is C86H90I8N4O17S3. The van der Waals surface area contributed by atoms with Crippen LogP contribution in [0.25, 0.3) is 0 Å². The lowest BCUT2D eigenvalue weighted by atomic mass is 10.0. The Morgan fingerprint density at radius 3 is 0.992 bits per heavy atom. The van der Waals surface area contributed by atoms with Gasteiger partial charge in [-0.25, -0.2) is 24.2 Å². The molecular weight excluding hydrogens is 2470 g/mol. The van der Waals surface area contributed by atoms with Crippen LogP contribution >= 0.6 is 217 Å². The zero-order chi connectivity index (χ0) is 87.3. The second-order valence-electron chi connectivity index (χ2n) is 26.1. The molecule has 0 aromatic heterocycles. The molecule has 1 amide bonds. The Labute approximate surface area is 813 Å². The third-order valence-electron chi connectivity index (χ3n) is 16.8. The highest BCUT2D eigenvalue weighted by molar-refractivity contribution is 14.1. The van der Waals surface area contributed by atoms with Crippen molar-refractivity contribution in [3.8, 4) is 34.5 Å². The minimum Gasteiger partial charge on any atom is -0.508 e. The van der Waals surface area contributed by atoms with Gasteiger partial charge < -0.3 is 64.8 Å². The number of benzene rings is 8. The maximum Gasteiger partial charge on any atom is 0.353 e. The molecule has 21 nitrogen and oxygen atoms in total. The molecule has 3 atom stereocenters. The van der Waals surface area contributed by atoms with Crippen molar-refractivity contribution < 1.29 is 82.4 Å². The lowest BCUT2D eigenvalue weighted by Crippen LogP contribution is -2.43. The smallest absolute Gasteiger partial charge is 0.353 e. The number of amides is 1. The molecule has 0 bridgehead atoms. The van der Waals surface area contributed by atoms with Crippen molar-refractivity contribution in [2.45, 2.75) is 151 Å². The average molecular weight is 2560 g/mol. The number of hydrogen-bond acceptors (Lipinski definition) is 20. The van der Waals surface area contributed by atoms with Gasteiger partial charge in [0.15, 0.2) is 0 Å². The SMILES string of the molecule is CCOC(=O)C(Cc1ccc(O)cc1)=NC(=S)CCc1cc(I)c(O)c(I)c1.CCOC(=O)C(Cc1ccc(O)cc1)NC(=S)CCc1cc(I)c(O)c(I)c1.CCOC(=O)C(Cc1ccc(OC(C)=O)cc1)NC(=O)CCc1cc(I)c(C)c(I)c1.CCOC(=O)C(Cc1ccc(OC(C)=O)cc1)NC(=S)CCc1cc(I)c(C)c(I)c1. The van der Waals surface area contributed by atoms with Gasteiger partial charge in [-0.15, -0.1) is 0 Å². The molecule has 8 aromatic carbocycles. The van der Waals surface area contributed by atoms with Gasteiger partial charge in [0.1, 0.15) is 63.3 Å². The van der Waals surface area contributed by atoms with Crippen LogP contribution in [0.2, 0.25) is 0 Å². The van der Waals surface area contributed by atoms with Crippen molar-refractivity contribution in [1.29, 1.82) is 0 Å². The third kappa shape index (κ3) is 38.2. The summed E-state index contributed by atoms with van der Waals surface area (Å²) < 4.78 is 38.7. The molecule has 3 unspecified atom stereocenters. The van der Waals surface area contributed by atoms with Crippen molar-refractivity contribution in [3.63, 3.8) is 0 Å². The number of hydrogen-bond donors (Lipinski definition) is 7. The number of aliphatic imine (C=N–C) groups is 1. The van der Waals surface area contributed by atoms with E-state index in [0.717, 1.165) is 59.6 Å². The van der Waals surface area contributed by atoms with Gasteiger partial charge in [-0.2, -0.15) is 0 Å². The van der Waals surface area contributed by atoms with E-state index in [1.54, 1.807) is 113 Å². The van der Waals surface area contributed by atoms with Gasteiger partial charge in [-0.05, 0) is 401 Å². The Morgan fingerprint density at radius 2 is 0.669 bits per heavy atom. The fraction of sp³-hybridized carbons (Fsp3) is 0.314. The minimum atomic E-state index is -0.787. The van der Waals surface area contributed by atoms with Gasteiger partial charge in [0.2, 0.25) is 5.91 Å². The number of aryl methyl sites for hydroxylation is 4. The van der Waals surface area contributed by atoms with Gasteiger partial charge >= 0.3 is 35.8 Å². The van der Waals surface area contributed by atoms with Crippen molar-refractivity contribution >= 4 is 280 Å². The van der Waals surface area contributed by atoms with Crippen LogP contribution in [0.3, 0.4) is 0 Å². The second kappa shape index (κ2) is 54.3. The van der Waals surface area contributed by atoms with Crippen LogP contribution in [-0.2, 0) is 104 Å². The zero-order valence-corrected chi connectivity index (χ0v) is 85.4. The molecule has 0 saturated heterocycles. The second-order valence-corrected chi connectivity index (χ2v) is 36.8. The number of carbonyl (C=O) groups is 7. The van der Waals surface area contributed by atoms with Crippen LogP contribution in [0, 0.1) is 42.4 Å². The van der Waals surface area contributed by atoms with E-state index in [9.17, 15) is 54.0 Å². The number of carbonyl (C=O) groups excluding carboxylic acids is 7. The minimum absolute atomic E-state index is 0.159. The summed E-state index contributed by atoms with van der Waals surface area (Å²) in [5.41, 5.74) is 10.6. The predicted molar refractivity (Wildman–Crippen MR) is 538 cm³/mol. The number of aromatic hydroxyl groups is 4. The summed E-state index contributed by atoms with van der Waals surface area (Å²) in [7, 11) is 0. The number of nitrogens with one attached hydrogen (secondary N) is 3. The Balaban J connectivity index is 0.000000281. The molecule has 0 saturated carbocycles. The van der Waals surface area contributed by atoms with E-state index >= 15 is 0 Å². The Morgan fingerprint density at radius 1 is 0.381 bits per heavy atom. The normalized spacial score (nSPS) is 11.5. The maximum atomic E-state index is 12.6. The van der Waals surface area contributed by atoms with E-state index in [1.165, 1.54) is 44.8 Å². The zero-order valence-electron chi connectivity index (χ0n) is 65.7. The number of phenolic OH excluding ortho intramolecular Hbond substituents is 4. The third-order valence-corrected chi connectivity index (χ3v) is 25.5. The molecule has 0 spiro atoms.